The number of aryl methyl sites for hydroxylation is 1. The normalized spacial score (nSPS) is 10.9. The summed E-state index contributed by atoms with van der Waals surface area (Å²) >= 11 is 0. The van der Waals surface area contributed by atoms with Crippen LogP contribution in [0, 0.1) is 0 Å². The average molecular weight is 281 g/mol. The maximum Gasteiger partial charge on any atom is 0.331 e. The van der Waals surface area contributed by atoms with Crippen LogP contribution in [0.25, 0.3) is 10.9 Å². The highest BCUT2D eigenvalue weighted by Gasteiger charge is 2.06. The van der Waals surface area contributed by atoms with Crippen molar-refractivity contribution in [2.45, 2.75) is 20.0 Å². The molecule has 0 N–H and O–H groups in total. The summed E-state index contributed by atoms with van der Waals surface area (Å²) in [7, 11) is 0. The van der Waals surface area contributed by atoms with E-state index in [1.54, 1.807) is 6.20 Å². The van der Waals surface area contributed by atoms with Crippen LogP contribution in [0.4, 0.5) is 0 Å². The van der Waals surface area contributed by atoms with E-state index in [4.69, 9.17) is 0 Å². The minimum absolute atomic E-state index is 0.267. The van der Waals surface area contributed by atoms with Crippen molar-refractivity contribution < 1.29 is 0 Å². The standard InChI is InChI=1S/C16H15N3O2/c1-2-18-9-7-15(20)19(16(18)21)11-12-5-6-14-13(10-12)4-3-8-17-14/h3-10H,2,11H2,1H3. The molecule has 5 nitrogen and oxygen atoms in total. The molecular weight excluding hydrogens is 266 g/mol. The molecule has 5 heteroatoms. The van der Waals surface area contributed by atoms with Crippen LogP contribution < -0.4 is 11.2 Å². The minimum atomic E-state index is -0.281. The summed E-state index contributed by atoms with van der Waals surface area (Å²) in [5, 5.41) is 0.995. The lowest BCUT2D eigenvalue weighted by Gasteiger charge is -2.08. The van der Waals surface area contributed by atoms with Gasteiger partial charge in [-0.3, -0.25) is 14.3 Å². The summed E-state index contributed by atoms with van der Waals surface area (Å²) in [6, 6.07) is 11.0. The van der Waals surface area contributed by atoms with Crippen LogP contribution >= 0.6 is 0 Å². The molecule has 0 fully saturated rings. The molecule has 0 bridgehead atoms. The molecule has 0 amide bonds. The van der Waals surface area contributed by atoms with Gasteiger partial charge in [0.05, 0.1) is 12.1 Å². The second kappa shape index (κ2) is 5.36. The van der Waals surface area contributed by atoms with Crippen molar-refractivity contribution in [1.29, 1.82) is 0 Å². The van der Waals surface area contributed by atoms with E-state index >= 15 is 0 Å². The van der Waals surface area contributed by atoms with Gasteiger partial charge in [-0.2, -0.15) is 0 Å². The van der Waals surface area contributed by atoms with Crippen molar-refractivity contribution in [3.05, 3.63) is 75.2 Å². The van der Waals surface area contributed by atoms with Crippen LogP contribution in [0.15, 0.2) is 58.4 Å². The molecule has 0 unspecified atom stereocenters. The third-order valence-electron chi connectivity index (χ3n) is 3.49. The first-order valence-electron chi connectivity index (χ1n) is 6.83. The average Bonchev–Trinajstić information content (AvgIpc) is 2.51. The third kappa shape index (κ3) is 2.50. The summed E-state index contributed by atoms with van der Waals surface area (Å²) in [6.07, 6.45) is 3.27. The molecule has 0 radical (unpaired) electrons. The van der Waals surface area contributed by atoms with E-state index in [1.807, 2.05) is 37.3 Å². The minimum Gasteiger partial charge on any atom is -0.301 e. The fraction of sp³-hybridized carbons (Fsp3) is 0.188. The summed E-state index contributed by atoms with van der Waals surface area (Å²) < 4.78 is 2.77. The fourth-order valence-corrected chi connectivity index (χ4v) is 2.35. The number of aromatic nitrogens is 3. The zero-order valence-corrected chi connectivity index (χ0v) is 11.7. The quantitative estimate of drug-likeness (QED) is 0.733. The zero-order chi connectivity index (χ0) is 14.8. The molecule has 0 aliphatic carbocycles. The maximum absolute atomic E-state index is 12.2. The smallest absolute Gasteiger partial charge is 0.301 e. The molecule has 2 heterocycles. The van der Waals surface area contributed by atoms with E-state index in [1.165, 1.54) is 21.4 Å². The van der Waals surface area contributed by atoms with Gasteiger partial charge in [-0.25, -0.2) is 4.79 Å². The van der Waals surface area contributed by atoms with E-state index in [0.29, 0.717) is 6.54 Å². The molecular formula is C16H15N3O2. The highest BCUT2D eigenvalue weighted by atomic mass is 16.2. The first-order valence-corrected chi connectivity index (χ1v) is 6.83. The Morgan fingerprint density at radius 2 is 2.00 bits per heavy atom. The Labute approximate surface area is 121 Å². The van der Waals surface area contributed by atoms with Crippen LogP contribution in [0.2, 0.25) is 0 Å². The largest absolute Gasteiger partial charge is 0.331 e. The van der Waals surface area contributed by atoms with E-state index in [2.05, 4.69) is 4.98 Å². The maximum atomic E-state index is 12.2. The Bertz CT molecular complexity index is 909. The van der Waals surface area contributed by atoms with Gasteiger partial charge in [0.15, 0.2) is 0 Å². The van der Waals surface area contributed by atoms with Crippen molar-refractivity contribution in [2.75, 3.05) is 0 Å². The second-order valence-corrected chi connectivity index (χ2v) is 4.84. The summed E-state index contributed by atoms with van der Waals surface area (Å²) in [6.45, 7) is 2.68. The van der Waals surface area contributed by atoms with Crippen LogP contribution in [0.3, 0.4) is 0 Å². The molecule has 21 heavy (non-hydrogen) atoms. The molecule has 0 spiro atoms. The number of fused-ring (bicyclic) bond motifs is 1. The monoisotopic (exact) mass is 281 g/mol. The van der Waals surface area contributed by atoms with E-state index in [-0.39, 0.29) is 17.8 Å². The number of benzene rings is 1. The molecule has 2 aromatic heterocycles. The molecule has 0 atom stereocenters. The topological polar surface area (TPSA) is 56.9 Å². The SMILES string of the molecule is CCn1ccc(=O)n(Cc2ccc3ncccc3c2)c1=O. The van der Waals surface area contributed by atoms with Gasteiger partial charge in [-0.15, -0.1) is 0 Å². The number of pyridine rings is 1. The first-order chi connectivity index (χ1) is 10.2. The Morgan fingerprint density at radius 1 is 1.14 bits per heavy atom. The number of hydrogen-bond donors (Lipinski definition) is 0. The highest BCUT2D eigenvalue weighted by Crippen LogP contribution is 2.13. The number of rotatable bonds is 3. The molecule has 106 valence electrons. The van der Waals surface area contributed by atoms with Gasteiger partial charge in [-0.05, 0) is 30.7 Å². The predicted molar refractivity (Wildman–Crippen MR) is 81.5 cm³/mol. The van der Waals surface area contributed by atoms with Crippen LogP contribution in [0.1, 0.15) is 12.5 Å². The van der Waals surface area contributed by atoms with Crippen molar-refractivity contribution in [1.82, 2.24) is 14.1 Å². The molecule has 0 aliphatic rings. The van der Waals surface area contributed by atoms with E-state index in [0.717, 1.165) is 16.5 Å². The molecule has 0 aliphatic heterocycles. The first kappa shape index (κ1) is 13.3. The van der Waals surface area contributed by atoms with Crippen LogP contribution in [-0.2, 0) is 13.1 Å². The van der Waals surface area contributed by atoms with Crippen LogP contribution in [-0.4, -0.2) is 14.1 Å². The lowest BCUT2D eigenvalue weighted by molar-refractivity contribution is 0.600. The van der Waals surface area contributed by atoms with E-state index < -0.39 is 0 Å². The summed E-state index contributed by atoms with van der Waals surface area (Å²) in [5.41, 5.74) is 1.24. The Hall–Kier alpha value is -2.69. The Balaban J connectivity index is 2.06. The molecule has 0 saturated carbocycles. The van der Waals surface area contributed by atoms with Crippen molar-refractivity contribution in [3.63, 3.8) is 0 Å². The predicted octanol–water partition coefficient (Wildman–Crippen LogP) is 1.63. The Morgan fingerprint density at radius 3 is 2.81 bits per heavy atom. The van der Waals surface area contributed by atoms with Crippen LogP contribution in [0.5, 0.6) is 0 Å². The summed E-state index contributed by atoms with van der Waals surface area (Å²) in [4.78, 5) is 28.4. The van der Waals surface area contributed by atoms with Gasteiger partial charge < -0.3 is 4.57 Å². The zero-order valence-electron chi connectivity index (χ0n) is 11.7. The Kier molecular flexibility index (Phi) is 3.39. The number of nitrogens with zero attached hydrogens (tertiary/aromatic N) is 3. The molecule has 0 saturated heterocycles. The van der Waals surface area contributed by atoms with Gasteiger partial charge >= 0.3 is 5.69 Å². The molecule has 3 aromatic rings. The lowest BCUT2D eigenvalue weighted by Crippen LogP contribution is -2.38. The fourth-order valence-electron chi connectivity index (χ4n) is 2.35. The summed E-state index contributed by atoms with van der Waals surface area (Å²) in [5.74, 6) is 0. The third-order valence-corrected chi connectivity index (χ3v) is 3.49. The van der Waals surface area contributed by atoms with Crippen molar-refractivity contribution in [3.8, 4) is 0 Å². The van der Waals surface area contributed by atoms with E-state index in [9.17, 15) is 9.59 Å². The van der Waals surface area contributed by atoms with Gasteiger partial charge in [-0.1, -0.05) is 12.1 Å². The van der Waals surface area contributed by atoms with Gasteiger partial charge in [0.2, 0.25) is 0 Å². The van der Waals surface area contributed by atoms with Gasteiger partial charge in [0, 0.05) is 30.4 Å². The molecule has 1 aromatic carbocycles. The van der Waals surface area contributed by atoms with Gasteiger partial charge in [0.1, 0.15) is 0 Å². The highest BCUT2D eigenvalue weighted by molar-refractivity contribution is 5.78. The lowest BCUT2D eigenvalue weighted by atomic mass is 10.1. The second-order valence-electron chi connectivity index (χ2n) is 4.84. The van der Waals surface area contributed by atoms with Gasteiger partial charge in [0.25, 0.3) is 5.56 Å². The number of hydrogen-bond acceptors (Lipinski definition) is 3. The van der Waals surface area contributed by atoms with Crippen molar-refractivity contribution in [2.24, 2.45) is 0 Å². The van der Waals surface area contributed by atoms with Crippen molar-refractivity contribution >= 4 is 10.9 Å². The molecule has 3 rings (SSSR count).